The fraction of sp³-hybridized carbons (Fsp3) is 0.586. The number of benzene rings is 1. The zero-order valence-electron chi connectivity index (χ0n) is 22.7. The summed E-state index contributed by atoms with van der Waals surface area (Å²) in [5, 5.41) is 14.8. The van der Waals surface area contributed by atoms with Gasteiger partial charge in [-0.3, -0.25) is 9.69 Å². The van der Waals surface area contributed by atoms with Crippen LogP contribution >= 0.6 is 11.6 Å². The number of aliphatic hydroxyl groups is 1. The van der Waals surface area contributed by atoms with E-state index in [1.165, 1.54) is 0 Å². The van der Waals surface area contributed by atoms with Crippen LogP contribution in [0.1, 0.15) is 67.6 Å². The number of rotatable bonds is 9. The molecule has 7 nitrogen and oxygen atoms in total. The largest absolute Gasteiger partial charge is 0.361 e. The van der Waals surface area contributed by atoms with Crippen molar-refractivity contribution in [3.63, 3.8) is 0 Å². The number of amides is 1. The number of hydrogen-bond donors (Lipinski definition) is 2. The molecule has 2 fully saturated rings. The Hall–Kier alpha value is -2.19. The maximum Gasteiger partial charge on any atom is 0.253 e. The summed E-state index contributed by atoms with van der Waals surface area (Å²) < 4.78 is 0. The molecule has 0 bridgehead atoms. The number of piperidine rings is 1. The Morgan fingerprint density at radius 3 is 2.57 bits per heavy atom. The van der Waals surface area contributed by atoms with Gasteiger partial charge in [0.25, 0.3) is 5.91 Å². The summed E-state index contributed by atoms with van der Waals surface area (Å²) >= 11 is 6.01. The minimum Gasteiger partial charge on any atom is -0.361 e. The summed E-state index contributed by atoms with van der Waals surface area (Å²) in [6.07, 6.45) is 4.62. The van der Waals surface area contributed by atoms with E-state index in [-0.39, 0.29) is 5.91 Å². The molecule has 37 heavy (non-hydrogen) atoms. The molecule has 202 valence electrons. The van der Waals surface area contributed by atoms with Crippen molar-refractivity contribution < 1.29 is 9.90 Å². The molecule has 2 aliphatic heterocycles. The molecular formula is C29H42ClN5O2. The van der Waals surface area contributed by atoms with Gasteiger partial charge in [0.05, 0.1) is 11.3 Å². The van der Waals surface area contributed by atoms with Gasteiger partial charge in [-0.2, -0.15) is 0 Å². The lowest BCUT2D eigenvalue weighted by Crippen LogP contribution is -2.53. The molecule has 2 N–H and O–H groups in total. The van der Waals surface area contributed by atoms with Crippen LogP contribution in [-0.4, -0.2) is 76.5 Å². The molecule has 2 aliphatic rings. The van der Waals surface area contributed by atoms with Crippen molar-refractivity contribution in [3.8, 4) is 0 Å². The predicted molar refractivity (Wildman–Crippen MR) is 150 cm³/mol. The first-order valence-corrected chi connectivity index (χ1v) is 14.1. The van der Waals surface area contributed by atoms with Crippen LogP contribution in [0, 0.1) is 13.8 Å². The molecule has 2 aromatic rings. The van der Waals surface area contributed by atoms with Gasteiger partial charge in [-0.1, -0.05) is 43.1 Å². The number of anilines is 1. The Morgan fingerprint density at radius 2 is 1.92 bits per heavy atom. The third-order valence-electron chi connectivity index (χ3n) is 8.07. The minimum atomic E-state index is -0.572. The Morgan fingerprint density at radius 1 is 1.22 bits per heavy atom. The van der Waals surface area contributed by atoms with Gasteiger partial charge in [0.1, 0.15) is 5.15 Å². The molecule has 0 saturated carbocycles. The van der Waals surface area contributed by atoms with Crippen LogP contribution in [-0.2, 0) is 0 Å². The summed E-state index contributed by atoms with van der Waals surface area (Å²) in [6.45, 7) is 11.7. The first kappa shape index (κ1) is 27.8. The van der Waals surface area contributed by atoms with Gasteiger partial charge in [-0.05, 0) is 83.3 Å². The highest BCUT2D eigenvalue weighted by molar-refractivity contribution is 6.29. The normalized spacial score (nSPS) is 22.4. The van der Waals surface area contributed by atoms with E-state index < -0.39 is 6.35 Å². The molecule has 2 unspecified atom stereocenters. The van der Waals surface area contributed by atoms with E-state index in [1.807, 2.05) is 32.0 Å². The number of hydrogen-bond acceptors (Lipinski definition) is 6. The van der Waals surface area contributed by atoms with Crippen molar-refractivity contribution in [1.82, 2.24) is 20.1 Å². The minimum absolute atomic E-state index is 0.0852. The number of nitrogens with zero attached hydrogens (tertiary/aromatic N) is 4. The van der Waals surface area contributed by atoms with Crippen molar-refractivity contribution in [2.45, 2.75) is 84.3 Å². The second kappa shape index (κ2) is 12.6. The summed E-state index contributed by atoms with van der Waals surface area (Å²) in [5.74, 6) is -0.0852. The van der Waals surface area contributed by atoms with Gasteiger partial charge in [0, 0.05) is 36.9 Å². The average molecular weight is 528 g/mol. The van der Waals surface area contributed by atoms with Crippen molar-refractivity contribution >= 4 is 23.2 Å². The standard InChI is InChI=1S/C29H42ClN5O2/c1-5-9-25-19-34(23-10-7-6-8-11-23)29(37)35(25)24-13-16-33(17-14-24)21(3)12-15-31-28(36)27-20(2)18-26(30)32-22(27)4/h6-8,10-11,18,21,24-25,29,37H,5,9,12-17,19H2,1-4H3,(H,31,36)/t21?,25-,29?/m1/s1. The predicted octanol–water partition coefficient (Wildman–Crippen LogP) is 4.59. The average Bonchev–Trinajstić information content (AvgIpc) is 3.19. The number of pyridine rings is 1. The van der Waals surface area contributed by atoms with Crippen molar-refractivity contribution in [2.75, 3.05) is 31.1 Å². The van der Waals surface area contributed by atoms with Crippen LogP contribution in [0.4, 0.5) is 5.69 Å². The Labute approximate surface area is 226 Å². The molecule has 3 heterocycles. The maximum atomic E-state index is 12.7. The van der Waals surface area contributed by atoms with Crippen LogP contribution in [0.5, 0.6) is 0 Å². The Bertz CT molecular complexity index is 1020. The number of carbonyl (C=O) groups is 1. The lowest BCUT2D eigenvalue weighted by atomic mass is 9.99. The molecular weight excluding hydrogens is 486 g/mol. The van der Waals surface area contributed by atoms with Gasteiger partial charge in [0.15, 0.2) is 6.35 Å². The fourth-order valence-corrected chi connectivity index (χ4v) is 6.39. The highest BCUT2D eigenvalue weighted by atomic mass is 35.5. The molecule has 2 saturated heterocycles. The number of carbonyl (C=O) groups excluding carboxylic acids is 1. The summed E-state index contributed by atoms with van der Waals surface area (Å²) in [6, 6.07) is 13.1. The zero-order chi connectivity index (χ0) is 26.5. The van der Waals surface area contributed by atoms with Crippen LogP contribution in [0.3, 0.4) is 0 Å². The number of halogens is 1. The van der Waals surface area contributed by atoms with Crippen molar-refractivity contribution in [2.24, 2.45) is 0 Å². The zero-order valence-corrected chi connectivity index (χ0v) is 23.4. The number of nitrogens with one attached hydrogen (secondary N) is 1. The fourth-order valence-electron chi connectivity index (χ4n) is 6.10. The lowest BCUT2D eigenvalue weighted by Gasteiger charge is -2.42. The van der Waals surface area contributed by atoms with E-state index in [9.17, 15) is 9.90 Å². The highest BCUT2D eigenvalue weighted by Crippen LogP contribution is 2.33. The number of para-hydroxylation sites is 1. The van der Waals surface area contributed by atoms with Gasteiger partial charge >= 0.3 is 0 Å². The molecule has 3 atom stereocenters. The van der Waals surface area contributed by atoms with E-state index >= 15 is 0 Å². The highest BCUT2D eigenvalue weighted by Gasteiger charge is 2.42. The van der Waals surface area contributed by atoms with Crippen LogP contribution < -0.4 is 10.2 Å². The van der Waals surface area contributed by atoms with Crippen LogP contribution in [0.2, 0.25) is 5.15 Å². The quantitative estimate of drug-likeness (QED) is 0.465. The molecule has 0 spiro atoms. The summed E-state index contributed by atoms with van der Waals surface area (Å²) in [4.78, 5) is 24.0. The van der Waals surface area contributed by atoms with Gasteiger partial charge in [-0.15, -0.1) is 0 Å². The molecule has 1 amide bonds. The van der Waals surface area contributed by atoms with E-state index in [4.69, 9.17) is 11.6 Å². The monoisotopic (exact) mass is 527 g/mol. The first-order valence-electron chi connectivity index (χ1n) is 13.7. The van der Waals surface area contributed by atoms with Gasteiger partial charge < -0.3 is 20.2 Å². The Balaban J connectivity index is 1.28. The molecule has 4 rings (SSSR count). The third kappa shape index (κ3) is 6.45. The molecule has 8 heteroatoms. The van der Waals surface area contributed by atoms with Gasteiger partial charge in [0.2, 0.25) is 0 Å². The molecule has 1 aromatic carbocycles. The van der Waals surface area contributed by atoms with E-state index in [2.05, 4.69) is 51.0 Å². The van der Waals surface area contributed by atoms with E-state index in [1.54, 1.807) is 6.07 Å². The molecule has 0 radical (unpaired) electrons. The van der Waals surface area contributed by atoms with Gasteiger partial charge in [-0.25, -0.2) is 4.98 Å². The topological polar surface area (TPSA) is 71.9 Å². The van der Waals surface area contributed by atoms with E-state index in [0.717, 1.165) is 63.0 Å². The summed E-state index contributed by atoms with van der Waals surface area (Å²) in [7, 11) is 0. The lowest BCUT2D eigenvalue weighted by molar-refractivity contribution is -0.0353. The van der Waals surface area contributed by atoms with E-state index in [0.29, 0.717) is 41.1 Å². The maximum absolute atomic E-state index is 12.7. The second-order valence-corrected chi connectivity index (χ2v) is 11.0. The third-order valence-corrected chi connectivity index (χ3v) is 8.26. The number of aromatic nitrogens is 1. The van der Waals surface area contributed by atoms with Crippen molar-refractivity contribution in [1.29, 1.82) is 0 Å². The number of aryl methyl sites for hydroxylation is 2. The number of aliphatic hydroxyl groups excluding tert-OH is 1. The Kier molecular flexibility index (Phi) is 9.46. The SMILES string of the molecule is CCC[C@@H]1CN(c2ccccc2)C(O)N1C1CCN(C(C)CCNC(=O)c2c(C)cc(Cl)nc2C)CC1. The molecule has 0 aliphatic carbocycles. The first-order chi connectivity index (χ1) is 17.8. The summed E-state index contributed by atoms with van der Waals surface area (Å²) in [5.41, 5.74) is 3.22. The smallest absolute Gasteiger partial charge is 0.253 e. The van der Waals surface area contributed by atoms with Crippen LogP contribution in [0.25, 0.3) is 0 Å². The molecule has 1 aromatic heterocycles. The van der Waals surface area contributed by atoms with Crippen molar-refractivity contribution in [3.05, 3.63) is 58.4 Å². The number of likely N-dealkylation sites (tertiary alicyclic amines) is 1. The van der Waals surface area contributed by atoms with Crippen LogP contribution in [0.15, 0.2) is 36.4 Å². The second-order valence-electron chi connectivity index (χ2n) is 10.6.